The molecule has 0 unspecified atom stereocenters. The molecule has 1 fully saturated rings. The second kappa shape index (κ2) is 9.51. The van der Waals surface area contributed by atoms with Crippen molar-refractivity contribution in [1.29, 1.82) is 0 Å². The van der Waals surface area contributed by atoms with Crippen LogP contribution in [-0.4, -0.2) is 57.9 Å². The Kier molecular flexibility index (Phi) is 7.05. The van der Waals surface area contributed by atoms with Crippen molar-refractivity contribution in [2.45, 2.75) is 22.8 Å². The molecule has 0 saturated carbocycles. The van der Waals surface area contributed by atoms with Crippen molar-refractivity contribution in [3.8, 4) is 5.75 Å². The Balaban J connectivity index is 1.64. The first-order valence-corrected chi connectivity index (χ1v) is 11.9. The number of morpholine rings is 1. The molecule has 1 aliphatic heterocycles. The summed E-state index contributed by atoms with van der Waals surface area (Å²) in [6, 6.07) is 13.2. The molecule has 0 bridgehead atoms. The Hall–Kier alpha value is -2.23. The molecule has 0 aromatic heterocycles. The van der Waals surface area contributed by atoms with Crippen LogP contribution in [0.2, 0.25) is 0 Å². The van der Waals surface area contributed by atoms with Gasteiger partial charge in [0.05, 0.1) is 18.1 Å². The number of thioether (sulfide) groups is 1. The zero-order valence-electron chi connectivity index (χ0n) is 16.3. The summed E-state index contributed by atoms with van der Waals surface area (Å²) in [7, 11) is -3.72. The molecule has 156 valence electrons. The summed E-state index contributed by atoms with van der Waals surface area (Å²) >= 11 is 1.54. The smallest absolute Gasteiger partial charge is 0.263 e. The first-order valence-electron chi connectivity index (χ1n) is 9.19. The summed E-state index contributed by atoms with van der Waals surface area (Å²) in [6.45, 7) is 3.83. The van der Waals surface area contributed by atoms with Crippen molar-refractivity contribution in [2.24, 2.45) is 0 Å². The molecule has 0 aliphatic carbocycles. The highest BCUT2D eigenvalue weighted by atomic mass is 32.2. The van der Waals surface area contributed by atoms with E-state index in [1.54, 1.807) is 42.2 Å². The molecule has 1 heterocycles. The summed E-state index contributed by atoms with van der Waals surface area (Å²) in [5.41, 5.74) is 0.502. The fourth-order valence-corrected chi connectivity index (χ4v) is 4.40. The minimum Gasteiger partial charge on any atom is -0.481 e. The van der Waals surface area contributed by atoms with Crippen molar-refractivity contribution >= 4 is 33.4 Å². The van der Waals surface area contributed by atoms with E-state index in [-0.39, 0.29) is 10.8 Å². The number of benzene rings is 2. The van der Waals surface area contributed by atoms with Gasteiger partial charge in [0.25, 0.3) is 15.9 Å². The largest absolute Gasteiger partial charge is 0.481 e. The molecule has 1 atom stereocenters. The van der Waals surface area contributed by atoms with Gasteiger partial charge in [0, 0.05) is 23.7 Å². The molecule has 0 radical (unpaired) electrons. The normalized spacial score (nSPS) is 15.6. The van der Waals surface area contributed by atoms with E-state index in [4.69, 9.17) is 9.47 Å². The van der Waals surface area contributed by atoms with Gasteiger partial charge in [-0.1, -0.05) is 6.07 Å². The number of carbonyl (C=O) groups is 1. The molecule has 2 aromatic carbocycles. The van der Waals surface area contributed by atoms with Gasteiger partial charge in [-0.25, -0.2) is 8.42 Å². The topological polar surface area (TPSA) is 84.9 Å². The maximum atomic E-state index is 12.6. The van der Waals surface area contributed by atoms with E-state index < -0.39 is 16.1 Å². The Morgan fingerprint density at radius 3 is 2.52 bits per heavy atom. The van der Waals surface area contributed by atoms with Crippen molar-refractivity contribution in [3.63, 3.8) is 0 Å². The predicted octanol–water partition coefficient (Wildman–Crippen LogP) is 2.84. The third kappa shape index (κ3) is 5.65. The van der Waals surface area contributed by atoms with Crippen LogP contribution in [0.5, 0.6) is 5.75 Å². The summed E-state index contributed by atoms with van der Waals surface area (Å²) in [5.74, 6) is 0.322. The van der Waals surface area contributed by atoms with Crippen LogP contribution in [0.3, 0.4) is 0 Å². The second-order valence-corrected chi connectivity index (χ2v) is 9.07. The van der Waals surface area contributed by atoms with E-state index in [1.807, 2.05) is 12.3 Å². The monoisotopic (exact) mass is 436 g/mol. The number of nitrogens with one attached hydrogen (secondary N) is 1. The molecule has 1 amide bonds. The molecule has 1 N–H and O–H groups in total. The predicted molar refractivity (Wildman–Crippen MR) is 113 cm³/mol. The number of anilines is 1. The summed E-state index contributed by atoms with van der Waals surface area (Å²) in [6.07, 6.45) is 1.26. The Morgan fingerprint density at radius 2 is 1.86 bits per heavy atom. The van der Waals surface area contributed by atoms with Gasteiger partial charge in [-0.05, 0) is 55.6 Å². The lowest BCUT2D eigenvalue weighted by molar-refractivity contribution is -0.142. The first kappa shape index (κ1) is 21.5. The lowest BCUT2D eigenvalue weighted by atomic mass is 10.3. The third-order valence-corrected chi connectivity index (χ3v) is 6.56. The van der Waals surface area contributed by atoms with Crippen LogP contribution < -0.4 is 9.46 Å². The van der Waals surface area contributed by atoms with Crippen LogP contribution in [0.1, 0.15) is 6.92 Å². The van der Waals surface area contributed by atoms with E-state index in [1.165, 1.54) is 23.9 Å². The van der Waals surface area contributed by atoms with Crippen molar-refractivity contribution in [1.82, 2.24) is 4.90 Å². The van der Waals surface area contributed by atoms with Gasteiger partial charge in [-0.3, -0.25) is 9.52 Å². The average Bonchev–Trinajstić information content (AvgIpc) is 2.74. The number of amides is 1. The lowest BCUT2D eigenvalue weighted by Gasteiger charge is -2.29. The van der Waals surface area contributed by atoms with Crippen LogP contribution >= 0.6 is 11.8 Å². The van der Waals surface area contributed by atoms with E-state index in [0.29, 0.717) is 37.7 Å². The number of hydrogen-bond donors (Lipinski definition) is 1. The zero-order valence-corrected chi connectivity index (χ0v) is 18.0. The summed E-state index contributed by atoms with van der Waals surface area (Å²) in [5, 5.41) is 0. The Bertz CT molecular complexity index is 942. The molecule has 9 heteroatoms. The molecule has 29 heavy (non-hydrogen) atoms. The standard InChI is InChI=1S/C20H24N2O5S2/c1-15(20(23)22-10-12-26-13-11-22)27-17-6-8-19(9-7-17)29(24,25)21-16-4-3-5-18(14-16)28-2/h3-9,14-15,21H,10-13H2,1-2H3/t15-/m0/s1. The number of ether oxygens (including phenoxy) is 2. The second-order valence-electron chi connectivity index (χ2n) is 6.51. The van der Waals surface area contributed by atoms with Gasteiger partial charge in [-0.15, -0.1) is 11.8 Å². The van der Waals surface area contributed by atoms with Gasteiger partial charge in [0.2, 0.25) is 0 Å². The molecule has 1 saturated heterocycles. The number of sulfonamides is 1. The number of rotatable bonds is 7. The molecular formula is C20H24N2O5S2. The van der Waals surface area contributed by atoms with Gasteiger partial charge in [0.1, 0.15) is 5.75 Å². The maximum Gasteiger partial charge on any atom is 0.263 e. The van der Waals surface area contributed by atoms with Crippen LogP contribution in [-0.2, 0) is 19.6 Å². The van der Waals surface area contributed by atoms with Crippen molar-refractivity contribution in [2.75, 3.05) is 37.3 Å². The average molecular weight is 437 g/mol. The van der Waals surface area contributed by atoms with Crippen LogP contribution in [0.15, 0.2) is 58.3 Å². The highest BCUT2D eigenvalue weighted by Gasteiger charge is 2.24. The van der Waals surface area contributed by atoms with E-state index in [9.17, 15) is 13.2 Å². The zero-order chi connectivity index (χ0) is 20.9. The van der Waals surface area contributed by atoms with Crippen LogP contribution in [0.4, 0.5) is 5.69 Å². The minimum atomic E-state index is -3.72. The summed E-state index contributed by atoms with van der Waals surface area (Å²) in [4.78, 5) is 15.2. The van der Waals surface area contributed by atoms with Gasteiger partial charge in [0.15, 0.2) is 6.10 Å². The molecule has 1 aliphatic rings. The Morgan fingerprint density at radius 1 is 1.17 bits per heavy atom. The molecular weight excluding hydrogens is 412 g/mol. The van der Waals surface area contributed by atoms with Gasteiger partial charge < -0.3 is 14.4 Å². The Labute approximate surface area is 175 Å². The SMILES string of the molecule is CSc1cccc(NS(=O)(=O)c2ccc(O[C@@H](C)C(=O)N3CCOCC3)cc2)c1. The van der Waals surface area contributed by atoms with E-state index >= 15 is 0 Å². The van der Waals surface area contributed by atoms with Gasteiger partial charge >= 0.3 is 0 Å². The number of nitrogens with zero attached hydrogens (tertiary/aromatic N) is 1. The molecule has 2 aromatic rings. The highest BCUT2D eigenvalue weighted by molar-refractivity contribution is 7.98. The third-order valence-electron chi connectivity index (χ3n) is 4.44. The fourth-order valence-electron chi connectivity index (χ4n) is 2.89. The fraction of sp³-hybridized carbons (Fsp3) is 0.350. The van der Waals surface area contributed by atoms with Crippen molar-refractivity contribution < 1.29 is 22.7 Å². The van der Waals surface area contributed by atoms with E-state index in [0.717, 1.165) is 4.90 Å². The number of hydrogen-bond acceptors (Lipinski definition) is 6. The first-order chi connectivity index (χ1) is 13.9. The van der Waals surface area contributed by atoms with Crippen LogP contribution in [0, 0.1) is 0 Å². The molecule has 7 nitrogen and oxygen atoms in total. The number of carbonyl (C=O) groups excluding carboxylic acids is 1. The summed E-state index contributed by atoms with van der Waals surface area (Å²) < 4.78 is 38.8. The minimum absolute atomic E-state index is 0.111. The van der Waals surface area contributed by atoms with Crippen LogP contribution in [0.25, 0.3) is 0 Å². The van der Waals surface area contributed by atoms with Gasteiger partial charge in [-0.2, -0.15) is 0 Å². The lowest BCUT2D eigenvalue weighted by Crippen LogP contribution is -2.46. The molecule has 0 spiro atoms. The van der Waals surface area contributed by atoms with E-state index in [2.05, 4.69) is 4.72 Å². The van der Waals surface area contributed by atoms with Crippen molar-refractivity contribution in [3.05, 3.63) is 48.5 Å². The quantitative estimate of drug-likeness (QED) is 0.672. The highest BCUT2D eigenvalue weighted by Crippen LogP contribution is 2.23. The maximum absolute atomic E-state index is 12.6. The molecule has 3 rings (SSSR count).